The summed E-state index contributed by atoms with van der Waals surface area (Å²) < 4.78 is 11.9. The van der Waals surface area contributed by atoms with Crippen molar-refractivity contribution in [3.05, 3.63) is 28.2 Å². The normalized spacial score (nSPS) is 17.7. The highest BCUT2D eigenvalue weighted by atomic mass is 79.9. The molecule has 0 spiro atoms. The Hall–Kier alpha value is -0.620. The quantitative estimate of drug-likeness (QED) is 0.787. The van der Waals surface area contributed by atoms with Crippen LogP contribution in [0.5, 0.6) is 5.75 Å². The second kappa shape index (κ2) is 8.73. The van der Waals surface area contributed by atoms with Crippen LogP contribution in [0.1, 0.15) is 18.4 Å². The Morgan fingerprint density at radius 1 is 1.43 bits per heavy atom. The van der Waals surface area contributed by atoms with E-state index in [9.17, 15) is 5.11 Å². The van der Waals surface area contributed by atoms with Crippen molar-refractivity contribution < 1.29 is 14.6 Å². The maximum atomic E-state index is 9.96. The molecule has 0 bridgehead atoms. The Labute approximate surface area is 135 Å². The van der Waals surface area contributed by atoms with Gasteiger partial charge in [-0.15, -0.1) is 0 Å². The number of aliphatic hydroxyl groups excluding tert-OH is 1. The third kappa shape index (κ3) is 5.94. The molecule has 1 heterocycles. The summed E-state index contributed by atoms with van der Waals surface area (Å²) in [4.78, 5) is 0. The molecule has 1 atom stereocenters. The maximum absolute atomic E-state index is 9.96. The van der Waals surface area contributed by atoms with Crippen LogP contribution in [-0.4, -0.2) is 44.1 Å². The average Bonchev–Trinajstić information content (AvgIpc) is 2.47. The van der Waals surface area contributed by atoms with E-state index in [0.29, 0.717) is 19.1 Å². The van der Waals surface area contributed by atoms with Gasteiger partial charge in [0.25, 0.3) is 0 Å². The highest BCUT2D eigenvalue weighted by molar-refractivity contribution is 9.10. The lowest BCUT2D eigenvalue weighted by Crippen LogP contribution is -2.35. The van der Waals surface area contributed by atoms with E-state index < -0.39 is 6.10 Å². The minimum absolute atomic E-state index is 0.294. The fourth-order valence-corrected chi connectivity index (χ4v) is 2.98. The first-order valence-corrected chi connectivity index (χ1v) is 8.30. The minimum Gasteiger partial charge on any atom is -0.490 e. The highest BCUT2D eigenvalue weighted by Gasteiger charge is 2.14. The molecule has 21 heavy (non-hydrogen) atoms. The molecule has 1 fully saturated rings. The van der Waals surface area contributed by atoms with Crippen LogP contribution in [0.4, 0.5) is 0 Å². The van der Waals surface area contributed by atoms with E-state index in [1.807, 2.05) is 25.1 Å². The van der Waals surface area contributed by atoms with E-state index >= 15 is 0 Å². The summed E-state index contributed by atoms with van der Waals surface area (Å²) >= 11 is 3.47. The van der Waals surface area contributed by atoms with Gasteiger partial charge in [0.1, 0.15) is 18.5 Å². The molecular weight excluding hydrogens is 334 g/mol. The standard InChI is InChI=1S/C16H24BrNO3/c1-12-2-3-16(15(17)8-12)21-11-14(19)10-18-9-13-4-6-20-7-5-13/h2-3,8,13-14,18-19H,4-7,9-11H2,1H3. The van der Waals surface area contributed by atoms with Crippen LogP contribution >= 0.6 is 15.9 Å². The zero-order chi connectivity index (χ0) is 15.1. The summed E-state index contributed by atoms with van der Waals surface area (Å²) in [6.07, 6.45) is 1.71. The van der Waals surface area contributed by atoms with Crippen molar-refractivity contribution in [2.45, 2.75) is 25.9 Å². The van der Waals surface area contributed by atoms with Crippen molar-refractivity contribution in [3.8, 4) is 5.75 Å². The summed E-state index contributed by atoms with van der Waals surface area (Å²) in [5.41, 5.74) is 1.17. The topological polar surface area (TPSA) is 50.7 Å². The largest absolute Gasteiger partial charge is 0.490 e. The van der Waals surface area contributed by atoms with Crippen LogP contribution in [0.3, 0.4) is 0 Å². The Bertz CT molecular complexity index is 436. The number of aliphatic hydroxyl groups is 1. The lowest BCUT2D eigenvalue weighted by atomic mass is 10.0. The Kier molecular flexibility index (Phi) is 6.96. The van der Waals surface area contributed by atoms with Crippen LogP contribution in [0.25, 0.3) is 0 Å². The average molecular weight is 358 g/mol. The van der Waals surface area contributed by atoms with Gasteiger partial charge < -0.3 is 19.9 Å². The number of rotatable bonds is 7. The summed E-state index contributed by atoms with van der Waals surface area (Å²) in [5, 5.41) is 13.3. The van der Waals surface area contributed by atoms with Crippen molar-refractivity contribution in [1.82, 2.24) is 5.32 Å². The monoisotopic (exact) mass is 357 g/mol. The second-order valence-corrected chi connectivity index (χ2v) is 6.47. The first kappa shape index (κ1) is 16.7. The molecule has 0 amide bonds. The van der Waals surface area contributed by atoms with Crippen molar-refractivity contribution in [3.63, 3.8) is 0 Å². The summed E-state index contributed by atoms with van der Waals surface area (Å²) in [5.74, 6) is 1.43. The molecule has 1 saturated heterocycles. The zero-order valence-electron chi connectivity index (χ0n) is 12.5. The molecule has 4 nitrogen and oxygen atoms in total. The zero-order valence-corrected chi connectivity index (χ0v) is 14.1. The van der Waals surface area contributed by atoms with Crippen molar-refractivity contribution >= 4 is 15.9 Å². The fraction of sp³-hybridized carbons (Fsp3) is 0.625. The lowest BCUT2D eigenvalue weighted by molar-refractivity contribution is 0.0630. The van der Waals surface area contributed by atoms with Crippen LogP contribution in [-0.2, 0) is 4.74 Å². The first-order valence-electron chi connectivity index (χ1n) is 7.50. The van der Waals surface area contributed by atoms with E-state index in [-0.39, 0.29) is 0 Å². The first-order chi connectivity index (χ1) is 10.1. The third-order valence-corrected chi connectivity index (χ3v) is 4.29. The van der Waals surface area contributed by atoms with Crippen molar-refractivity contribution in [2.75, 3.05) is 32.9 Å². The molecule has 5 heteroatoms. The van der Waals surface area contributed by atoms with Gasteiger partial charge in [-0.1, -0.05) is 6.07 Å². The molecule has 1 aromatic rings. The number of hydrogen-bond acceptors (Lipinski definition) is 4. The molecule has 1 unspecified atom stereocenters. The summed E-state index contributed by atoms with van der Waals surface area (Å²) in [6.45, 7) is 5.54. The second-order valence-electron chi connectivity index (χ2n) is 5.61. The van der Waals surface area contributed by atoms with Gasteiger partial charge in [-0.2, -0.15) is 0 Å². The van der Waals surface area contributed by atoms with E-state index in [0.717, 1.165) is 42.8 Å². The molecule has 0 saturated carbocycles. The van der Waals surface area contributed by atoms with Gasteiger partial charge in [0.05, 0.1) is 4.47 Å². The van der Waals surface area contributed by atoms with Gasteiger partial charge >= 0.3 is 0 Å². The van der Waals surface area contributed by atoms with E-state index in [4.69, 9.17) is 9.47 Å². The molecule has 0 aromatic heterocycles. The number of aryl methyl sites for hydroxylation is 1. The molecule has 2 N–H and O–H groups in total. The summed E-state index contributed by atoms with van der Waals surface area (Å²) in [6, 6.07) is 5.92. The number of hydrogen-bond donors (Lipinski definition) is 2. The Morgan fingerprint density at radius 3 is 2.90 bits per heavy atom. The summed E-state index contributed by atoms with van der Waals surface area (Å²) in [7, 11) is 0. The van der Waals surface area contributed by atoms with Gasteiger partial charge in [0.2, 0.25) is 0 Å². The van der Waals surface area contributed by atoms with Gasteiger partial charge in [0, 0.05) is 19.8 Å². The number of halogens is 1. The smallest absolute Gasteiger partial charge is 0.133 e. The van der Waals surface area contributed by atoms with Crippen LogP contribution in [0.2, 0.25) is 0 Å². The molecule has 1 aliphatic rings. The van der Waals surface area contributed by atoms with E-state index in [1.54, 1.807) is 0 Å². The molecule has 0 radical (unpaired) electrons. The number of ether oxygens (including phenoxy) is 2. The van der Waals surface area contributed by atoms with Crippen molar-refractivity contribution in [1.29, 1.82) is 0 Å². The van der Waals surface area contributed by atoms with Gasteiger partial charge in [-0.3, -0.25) is 0 Å². The van der Waals surface area contributed by atoms with E-state index in [2.05, 4.69) is 21.2 Å². The molecule has 1 aromatic carbocycles. The van der Waals surface area contributed by atoms with Gasteiger partial charge in [0.15, 0.2) is 0 Å². The SMILES string of the molecule is Cc1ccc(OCC(O)CNCC2CCOCC2)c(Br)c1. The van der Waals surface area contributed by atoms with Crippen LogP contribution < -0.4 is 10.1 Å². The lowest BCUT2D eigenvalue weighted by Gasteiger charge is -2.23. The predicted octanol–water partition coefficient (Wildman–Crippen LogP) is 2.51. The Morgan fingerprint density at radius 2 is 2.19 bits per heavy atom. The molecule has 1 aliphatic heterocycles. The van der Waals surface area contributed by atoms with Crippen LogP contribution in [0.15, 0.2) is 22.7 Å². The molecular formula is C16H24BrNO3. The maximum Gasteiger partial charge on any atom is 0.133 e. The highest BCUT2D eigenvalue weighted by Crippen LogP contribution is 2.25. The number of benzene rings is 1. The van der Waals surface area contributed by atoms with E-state index in [1.165, 1.54) is 5.56 Å². The molecule has 0 aliphatic carbocycles. The van der Waals surface area contributed by atoms with Gasteiger partial charge in [-0.05, 0) is 65.9 Å². The van der Waals surface area contributed by atoms with Crippen molar-refractivity contribution in [2.24, 2.45) is 5.92 Å². The third-order valence-electron chi connectivity index (χ3n) is 3.67. The Balaban J connectivity index is 1.63. The van der Waals surface area contributed by atoms with Gasteiger partial charge in [-0.25, -0.2) is 0 Å². The molecule has 2 rings (SSSR count). The van der Waals surface area contributed by atoms with Crippen LogP contribution in [0, 0.1) is 12.8 Å². The fourth-order valence-electron chi connectivity index (χ4n) is 2.37. The molecule has 118 valence electrons. The minimum atomic E-state index is -0.502. The predicted molar refractivity (Wildman–Crippen MR) is 86.8 cm³/mol. The number of nitrogens with one attached hydrogen (secondary N) is 1.